The van der Waals surface area contributed by atoms with Crippen LogP contribution in [0.3, 0.4) is 0 Å². The van der Waals surface area contributed by atoms with Crippen molar-refractivity contribution >= 4 is 0 Å². The number of aromatic nitrogens is 2. The molecule has 0 aliphatic carbocycles. The van der Waals surface area contributed by atoms with Gasteiger partial charge in [0, 0.05) is 13.0 Å². The molecule has 1 saturated heterocycles. The summed E-state index contributed by atoms with van der Waals surface area (Å²) in [5.74, 6) is 1.99. The molecule has 12 heavy (non-hydrogen) atoms. The Morgan fingerprint density at radius 3 is 3.08 bits per heavy atom. The molecule has 1 aliphatic heterocycles. The van der Waals surface area contributed by atoms with Crippen molar-refractivity contribution in [3.05, 3.63) is 11.8 Å². The predicted octanol–water partition coefficient (Wildman–Crippen LogP) is 0.709. The third-order valence-corrected chi connectivity index (χ3v) is 2.19. The molecule has 1 fully saturated rings. The Morgan fingerprint density at radius 2 is 2.50 bits per heavy atom. The Morgan fingerprint density at radius 1 is 1.58 bits per heavy atom. The van der Waals surface area contributed by atoms with E-state index in [9.17, 15) is 0 Å². The van der Waals surface area contributed by atoms with E-state index in [-0.39, 0.29) is 0 Å². The number of rotatable bonds is 2. The molecule has 0 spiro atoms. The topological polar surface area (TPSA) is 51.0 Å². The normalized spacial score (nSPS) is 23.2. The molecule has 0 aromatic carbocycles. The molecule has 1 aromatic heterocycles. The first kappa shape index (κ1) is 7.73. The van der Waals surface area contributed by atoms with Crippen LogP contribution in [0.1, 0.15) is 31.0 Å². The Bertz CT molecular complexity index is 253. The summed E-state index contributed by atoms with van der Waals surface area (Å²) in [7, 11) is 0. The highest BCUT2D eigenvalue weighted by Crippen LogP contribution is 2.20. The van der Waals surface area contributed by atoms with Crippen molar-refractivity contribution in [2.24, 2.45) is 0 Å². The first-order chi connectivity index (χ1) is 5.90. The Kier molecular flexibility index (Phi) is 2.08. The van der Waals surface area contributed by atoms with Crippen LogP contribution in [0.2, 0.25) is 0 Å². The van der Waals surface area contributed by atoms with Crippen LogP contribution in [0.15, 0.2) is 4.42 Å². The number of aryl methyl sites for hydroxylation is 1. The highest BCUT2D eigenvalue weighted by atomic mass is 16.4. The van der Waals surface area contributed by atoms with Crippen LogP contribution in [-0.2, 0) is 6.42 Å². The van der Waals surface area contributed by atoms with Gasteiger partial charge in [-0.15, -0.1) is 10.2 Å². The molecule has 1 atom stereocenters. The molecular weight excluding hydrogens is 154 g/mol. The number of nitrogens with one attached hydrogen (secondary N) is 1. The molecule has 1 aliphatic rings. The van der Waals surface area contributed by atoms with Gasteiger partial charge in [0.2, 0.25) is 11.8 Å². The van der Waals surface area contributed by atoms with Gasteiger partial charge in [-0.05, 0) is 13.0 Å². The van der Waals surface area contributed by atoms with Gasteiger partial charge in [-0.3, -0.25) is 0 Å². The summed E-state index contributed by atoms with van der Waals surface area (Å²) in [5.41, 5.74) is 0. The van der Waals surface area contributed by atoms with Crippen LogP contribution in [-0.4, -0.2) is 23.3 Å². The van der Waals surface area contributed by atoms with Gasteiger partial charge in [0.1, 0.15) is 0 Å². The molecule has 0 radical (unpaired) electrons. The van der Waals surface area contributed by atoms with Crippen molar-refractivity contribution < 1.29 is 4.42 Å². The fraction of sp³-hybridized carbons (Fsp3) is 0.750. The highest BCUT2D eigenvalue weighted by molar-refractivity contribution is 4.95. The Balaban J connectivity index is 2.11. The average Bonchev–Trinajstić information content (AvgIpc) is 2.75. The summed E-state index contributed by atoms with van der Waals surface area (Å²) in [6, 6.07) is 0. The van der Waals surface area contributed by atoms with Crippen LogP contribution in [0.5, 0.6) is 0 Å². The minimum absolute atomic E-state index is 0.442. The van der Waals surface area contributed by atoms with Gasteiger partial charge in [0.15, 0.2) is 0 Å². The maximum Gasteiger partial charge on any atom is 0.220 e. The molecule has 66 valence electrons. The number of hydrogen-bond acceptors (Lipinski definition) is 4. The molecule has 4 heteroatoms. The molecule has 4 nitrogen and oxygen atoms in total. The number of nitrogens with zero attached hydrogens (tertiary/aromatic N) is 2. The quantitative estimate of drug-likeness (QED) is 0.704. The molecule has 0 saturated carbocycles. The Labute approximate surface area is 71.4 Å². The molecule has 2 rings (SSSR count). The lowest BCUT2D eigenvalue weighted by Gasteiger charge is -1.98. The molecule has 2 heterocycles. The standard InChI is InChI=1S/C8H13N3O/c1-2-7-10-11-8(12-7)6-3-4-9-5-6/h6,9H,2-5H2,1H3/t6-/m0/s1. The fourth-order valence-corrected chi connectivity index (χ4v) is 1.44. The third kappa shape index (κ3) is 1.34. The van der Waals surface area contributed by atoms with E-state index >= 15 is 0 Å². The summed E-state index contributed by atoms with van der Waals surface area (Å²) in [5, 5.41) is 11.2. The van der Waals surface area contributed by atoms with Crippen LogP contribution in [0.25, 0.3) is 0 Å². The second-order valence-electron chi connectivity index (χ2n) is 3.08. The molecule has 0 unspecified atom stereocenters. The lowest BCUT2D eigenvalue weighted by Crippen LogP contribution is -2.08. The highest BCUT2D eigenvalue weighted by Gasteiger charge is 2.21. The van der Waals surface area contributed by atoms with Crippen molar-refractivity contribution in [1.82, 2.24) is 15.5 Å². The molecule has 1 N–H and O–H groups in total. The maximum atomic E-state index is 5.45. The number of hydrogen-bond donors (Lipinski definition) is 1. The third-order valence-electron chi connectivity index (χ3n) is 2.19. The molecule has 0 amide bonds. The monoisotopic (exact) mass is 167 g/mol. The first-order valence-corrected chi connectivity index (χ1v) is 4.43. The SMILES string of the molecule is CCc1nnc([C@H]2CCNC2)o1. The van der Waals surface area contributed by atoms with E-state index in [1.54, 1.807) is 0 Å². The van der Waals surface area contributed by atoms with Crippen molar-refractivity contribution in [2.45, 2.75) is 25.7 Å². The van der Waals surface area contributed by atoms with E-state index in [0.29, 0.717) is 5.92 Å². The lowest BCUT2D eigenvalue weighted by molar-refractivity contribution is 0.426. The zero-order valence-corrected chi connectivity index (χ0v) is 7.21. The smallest absolute Gasteiger partial charge is 0.220 e. The van der Waals surface area contributed by atoms with Crippen molar-refractivity contribution in [1.29, 1.82) is 0 Å². The minimum atomic E-state index is 0.442. The summed E-state index contributed by atoms with van der Waals surface area (Å²) < 4.78 is 5.45. The van der Waals surface area contributed by atoms with E-state index in [4.69, 9.17) is 4.42 Å². The van der Waals surface area contributed by atoms with Gasteiger partial charge in [-0.2, -0.15) is 0 Å². The van der Waals surface area contributed by atoms with Gasteiger partial charge in [0.25, 0.3) is 0 Å². The average molecular weight is 167 g/mol. The van der Waals surface area contributed by atoms with Gasteiger partial charge in [-0.25, -0.2) is 0 Å². The second kappa shape index (κ2) is 3.23. The van der Waals surface area contributed by atoms with Crippen LogP contribution in [0.4, 0.5) is 0 Å². The van der Waals surface area contributed by atoms with Gasteiger partial charge in [0.05, 0.1) is 5.92 Å². The first-order valence-electron chi connectivity index (χ1n) is 4.43. The van der Waals surface area contributed by atoms with Gasteiger partial charge in [-0.1, -0.05) is 6.92 Å². The summed E-state index contributed by atoms with van der Waals surface area (Å²) in [6.45, 7) is 4.06. The van der Waals surface area contributed by atoms with Crippen LogP contribution in [0, 0.1) is 0 Å². The maximum absolute atomic E-state index is 5.45. The zero-order valence-electron chi connectivity index (χ0n) is 7.21. The summed E-state index contributed by atoms with van der Waals surface area (Å²) >= 11 is 0. The fourth-order valence-electron chi connectivity index (χ4n) is 1.44. The van der Waals surface area contributed by atoms with Crippen molar-refractivity contribution in [3.63, 3.8) is 0 Å². The molecule has 1 aromatic rings. The van der Waals surface area contributed by atoms with E-state index in [0.717, 1.165) is 37.7 Å². The second-order valence-corrected chi connectivity index (χ2v) is 3.08. The van der Waals surface area contributed by atoms with E-state index in [1.165, 1.54) is 0 Å². The Hall–Kier alpha value is -0.900. The van der Waals surface area contributed by atoms with Crippen LogP contribution >= 0.6 is 0 Å². The zero-order chi connectivity index (χ0) is 8.39. The lowest BCUT2D eigenvalue weighted by atomic mass is 10.1. The van der Waals surface area contributed by atoms with Gasteiger partial charge < -0.3 is 9.73 Å². The summed E-state index contributed by atoms with van der Waals surface area (Å²) in [4.78, 5) is 0. The van der Waals surface area contributed by atoms with E-state index < -0.39 is 0 Å². The summed E-state index contributed by atoms with van der Waals surface area (Å²) in [6.07, 6.45) is 1.94. The van der Waals surface area contributed by atoms with E-state index in [2.05, 4.69) is 15.5 Å². The molecule has 0 bridgehead atoms. The molecular formula is C8H13N3O. The van der Waals surface area contributed by atoms with Crippen molar-refractivity contribution in [3.8, 4) is 0 Å². The predicted molar refractivity (Wildman–Crippen MR) is 43.9 cm³/mol. The minimum Gasteiger partial charge on any atom is -0.425 e. The van der Waals surface area contributed by atoms with E-state index in [1.807, 2.05) is 6.92 Å². The van der Waals surface area contributed by atoms with Crippen LogP contribution < -0.4 is 5.32 Å². The largest absolute Gasteiger partial charge is 0.425 e. The van der Waals surface area contributed by atoms with Crippen molar-refractivity contribution in [2.75, 3.05) is 13.1 Å². The van der Waals surface area contributed by atoms with Gasteiger partial charge >= 0.3 is 0 Å².